The number of nitrogens with one attached hydrogen (secondary N) is 1. The van der Waals surface area contributed by atoms with Crippen molar-refractivity contribution in [2.75, 3.05) is 0 Å². The lowest BCUT2D eigenvalue weighted by Gasteiger charge is -2.27. The molecule has 1 aliphatic carbocycles. The molecule has 1 N–H and O–H groups in total. The summed E-state index contributed by atoms with van der Waals surface area (Å²) in [5.74, 6) is 0. The molecule has 0 aromatic heterocycles. The maximum Gasteiger partial charge on any atom is 0.361 e. The van der Waals surface area contributed by atoms with E-state index in [0.717, 1.165) is 6.42 Å². The molecule has 0 spiro atoms. The Hall–Kier alpha value is -0.795. The molecule has 0 bridgehead atoms. The second-order valence-electron chi connectivity index (χ2n) is 3.77. The van der Waals surface area contributed by atoms with E-state index in [0.29, 0.717) is 19.8 Å². The highest BCUT2D eigenvalue weighted by Gasteiger charge is 2.33. The van der Waals surface area contributed by atoms with Crippen LogP contribution >= 0.6 is 0 Å². The Kier molecular flexibility index (Phi) is 1.67. The molecule has 0 radical (unpaired) electrons. The van der Waals surface area contributed by atoms with E-state index < -0.39 is 0 Å². The summed E-state index contributed by atoms with van der Waals surface area (Å²) in [7, 11) is 0.712. The number of fused-ring (bicyclic) bond motifs is 3. The molecule has 3 heteroatoms. The molecule has 2 aliphatic rings. The van der Waals surface area contributed by atoms with Gasteiger partial charge in [0.25, 0.3) is 0 Å². The first kappa shape index (κ1) is 7.59. The van der Waals surface area contributed by atoms with Gasteiger partial charge in [-0.2, -0.15) is 0 Å². The van der Waals surface area contributed by atoms with Gasteiger partial charge in [0.05, 0.1) is 6.10 Å². The van der Waals surface area contributed by atoms with E-state index in [9.17, 15) is 0 Å². The van der Waals surface area contributed by atoms with Gasteiger partial charge in [-0.15, -0.1) is 0 Å². The molecule has 1 aromatic rings. The fourth-order valence-electron chi connectivity index (χ4n) is 2.40. The van der Waals surface area contributed by atoms with Crippen molar-refractivity contribution in [3.05, 3.63) is 35.4 Å². The van der Waals surface area contributed by atoms with Gasteiger partial charge in [0.15, 0.2) is 0 Å². The molecule has 66 valence electrons. The second kappa shape index (κ2) is 2.86. The average Bonchev–Trinajstić information content (AvgIpc) is 2.65. The summed E-state index contributed by atoms with van der Waals surface area (Å²) in [6.07, 6.45) is 2.74. The van der Waals surface area contributed by atoms with E-state index >= 15 is 0 Å². The summed E-state index contributed by atoms with van der Waals surface area (Å²) in [5, 5.41) is 3.39. The predicted octanol–water partition coefficient (Wildman–Crippen LogP) is 0.929. The molecule has 1 aliphatic heterocycles. The third kappa shape index (κ3) is 1.11. The molecule has 3 rings (SSSR count). The molecule has 13 heavy (non-hydrogen) atoms. The lowest BCUT2D eigenvalue weighted by molar-refractivity contribution is 0.196. The van der Waals surface area contributed by atoms with Gasteiger partial charge in [0, 0.05) is 6.04 Å². The number of hydrogen-bond acceptors (Lipinski definition) is 2. The summed E-state index contributed by atoms with van der Waals surface area (Å²) in [4.78, 5) is 0. The first-order valence-corrected chi connectivity index (χ1v) is 4.88. The summed E-state index contributed by atoms with van der Waals surface area (Å²) >= 11 is 0. The molecule has 0 amide bonds. The smallest absolute Gasteiger partial charge is 0.361 e. The second-order valence-corrected chi connectivity index (χ2v) is 3.77. The largest absolute Gasteiger partial charge is 0.419 e. The van der Waals surface area contributed by atoms with Crippen LogP contribution in [0.25, 0.3) is 0 Å². The van der Waals surface area contributed by atoms with Crippen LogP contribution in [0.3, 0.4) is 0 Å². The van der Waals surface area contributed by atoms with E-state index in [4.69, 9.17) is 4.65 Å². The monoisotopic (exact) mass is 173 g/mol. The highest BCUT2D eigenvalue weighted by molar-refractivity contribution is 6.24. The van der Waals surface area contributed by atoms with Crippen molar-refractivity contribution in [1.82, 2.24) is 5.23 Å². The van der Waals surface area contributed by atoms with E-state index in [1.54, 1.807) is 0 Å². The number of benzene rings is 1. The van der Waals surface area contributed by atoms with E-state index in [1.807, 2.05) is 0 Å². The van der Waals surface area contributed by atoms with Crippen molar-refractivity contribution < 1.29 is 4.65 Å². The Morgan fingerprint density at radius 2 is 2.31 bits per heavy atom. The SMILES string of the molecule is B1NC2c3ccccc3CC[C@@H]2O1. The Morgan fingerprint density at radius 3 is 3.31 bits per heavy atom. The van der Waals surface area contributed by atoms with Crippen LogP contribution in [0, 0.1) is 0 Å². The minimum atomic E-state index is 0.412. The molecule has 1 saturated heterocycles. The minimum absolute atomic E-state index is 0.412. The van der Waals surface area contributed by atoms with Crippen molar-refractivity contribution in [1.29, 1.82) is 0 Å². The topological polar surface area (TPSA) is 21.3 Å². The number of rotatable bonds is 0. The van der Waals surface area contributed by atoms with Crippen LogP contribution in [-0.4, -0.2) is 13.7 Å². The zero-order valence-electron chi connectivity index (χ0n) is 7.49. The van der Waals surface area contributed by atoms with Crippen LogP contribution in [0.4, 0.5) is 0 Å². The minimum Gasteiger partial charge on any atom is -0.419 e. The molecule has 1 unspecified atom stereocenters. The fourth-order valence-corrected chi connectivity index (χ4v) is 2.40. The highest BCUT2D eigenvalue weighted by atomic mass is 16.5. The van der Waals surface area contributed by atoms with Gasteiger partial charge in [-0.25, -0.2) is 0 Å². The van der Waals surface area contributed by atoms with Crippen molar-refractivity contribution in [2.45, 2.75) is 25.0 Å². The maximum absolute atomic E-state index is 5.60. The maximum atomic E-state index is 5.60. The van der Waals surface area contributed by atoms with E-state index in [-0.39, 0.29) is 0 Å². The van der Waals surface area contributed by atoms with Crippen LogP contribution in [0.2, 0.25) is 0 Å². The van der Waals surface area contributed by atoms with Crippen molar-refractivity contribution >= 4 is 7.62 Å². The molecular weight excluding hydrogens is 161 g/mol. The van der Waals surface area contributed by atoms with Crippen LogP contribution in [0.5, 0.6) is 0 Å². The normalized spacial score (nSPS) is 30.5. The van der Waals surface area contributed by atoms with Gasteiger partial charge in [-0.05, 0) is 24.0 Å². The Bertz CT molecular complexity index is 328. The van der Waals surface area contributed by atoms with E-state index in [1.165, 1.54) is 17.5 Å². The van der Waals surface area contributed by atoms with Gasteiger partial charge in [0.2, 0.25) is 0 Å². The first-order chi connectivity index (χ1) is 6.45. The molecular formula is C10H12BNO. The lowest BCUT2D eigenvalue weighted by atomic mass is 9.86. The quantitative estimate of drug-likeness (QED) is 0.589. The summed E-state index contributed by atoms with van der Waals surface area (Å²) in [5.41, 5.74) is 2.93. The van der Waals surface area contributed by atoms with Gasteiger partial charge >= 0.3 is 7.62 Å². The van der Waals surface area contributed by atoms with Crippen LogP contribution < -0.4 is 5.23 Å². The molecule has 2 nitrogen and oxygen atoms in total. The molecule has 1 heterocycles. The van der Waals surface area contributed by atoms with Crippen LogP contribution in [0.1, 0.15) is 23.6 Å². The first-order valence-electron chi connectivity index (χ1n) is 4.88. The van der Waals surface area contributed by atoms with Gasteiger partial charge in [-0.1, -0.05) is 24.3 Å². The average molecular weight is 173 g/mol. The van der Waals surface area contributed by atoms with Crippen LogP contribution in [-0.2, 0) is 11.1 Å². The number of hydrogen-bond donors (Lipinski definition) is 1. The Morgan fingerprint density at radius 1 is 1.38 bits per heavy atom. The lowest BCUT2D eigenvalue weighted by Crippen LogP contribution is -2.27. The zero-order valence-corrected chi connectivity index (χ0v) is 7.49. The Balaban J connectivity index is 2.06. The van der Waals surface area contributed by atoms with Crippen molar-refractivity contribution in [2.24, 2.45) is 0 Å². The van der Waals surface area contributed by atoms with Gasteiger partial charge in [-0.3, -0.25) is 0 Å². The standard InChI is InChI=1S/C10H12BNO/c1-2-4-8-7(3-1)5-6-9-10(8)12-11-13-9/h1-4,9-12H,5-6H2/t9-,10?/m0/s1. The van der Waals surface area contributed by atoms with E-state index in [2.05, 4.69) is 29.5 Å². The summed E-state index contributed by atoms with van der Waals surface area (Å²) in [6, 6.07) is 9.13. The fraction of sp³-hybridized carbons (Fsp3) is 0.400. The summed E-state index contributed by atoms with van der Waals surface area (Å²) in [6.45, 7) is 0. The zero-order chi connectivity index (χ0) is 8.67. The molecule has 1 fully saturated rings. The predicted molar refractivity (Wildman–Crippen MR) is 52.7 cm³/mol. The van der Waals surface area contributed by atoms with Gasteiger partial charge < -0.3 is 9.88 Å². The molecule has 2 atom stereocenters. The third-order valence-corrected chi connectivity index (χ3v) is 3.06. The van der Waals surface area contributed by atoms with Crippen molar-refractivity contribution in [3.8, 4) is 0 Å². The van der Waals surface area contributed by atoms with Crippen molar-refractivity contribution in [3.63, 3.8) is 0 Å². The Labute approximate surface area is 78.6 Å². The number of aryl methyl sites for hydroxylation is 1. The van der Waals surface area contributed by atoms with Gasteiger partial charge in [0.1, 0.15) is 0 Å². The highest BCUT2D eigenvalue weighted by Crippen LogP contribution is 2.33. The molecule has 1 aromatic carbocycles. The van der Waals surface area contributed by atoms with Crippen LogP contribution in [0.15, 0.2) is 24.3 Å². The molecule has 0 saturated carbocycles. The summed E-state index contributed by atoms with van der Waals surface area (Å²) < 4.78 is 5.60. The third-order valence-electron chi connectivity index (χ3n) is 3.06.